The minimum Gasteiger partial charge on any atom is -0.389 e. The Morgan fingerprint density at radius 1 is 1.59 bits per heavy atom. The van der Waals surface area contributed by atoms with E-state index in [4.69, 9.17) is 22.7 Å². The Labute approximate surface area is 107 Å². The minimum absolute atomic E-state index is 0.317. The van der Waals surface area contributed by atoms with Gasteiger partial charge in [0.1, 0.15) is 10.8 Å². The van der Waals surface area contributed by atoms with Gasteiger partial charge in [0.2, 0.25) is 0 Å². The van der Waals surface area contributed by atoms with E-state index in [9.17, 15) is 0 Å². The molecule has 1 aromatic heterocycles. The largest absolute Gasteiger partial charge is 0.389 e. The van der Waals surface area contributed by atoms with Crippen molar-refractivity contribution in [3.63, 3.8) is 0 Å². The summed E-state index contributed by atoms with van der Waals surface area (Å²) in [7, 11) is 0. The first-order valence-electron chi connectivity index (χ1n) is 5.79. The molecule has 2 unspecified atom stereocenters. The summed E-state index contributed by atoms with van der Waals surface area (Å²) in [6.07, 6.45) is 4.05. The molecule has 0 amide bonds. The molecule has 2 atom stereocenters. The zero-order chi connectivity index (χ0) is 12.3. The van der Waals surface area contributed by atoms with Gasteiger partial charge in [-0.3, -0.25) is 0 Å². The quantitative estimate of drug-likeness (QED) is 0.801. The number of aromatic nitrogens is 1. The van der Waals surface area contributed by atoms with Gasteiger partial charge in [-0.05, 0) is 31.9 Å². The number of ether oxygens (including phenoxy) is 1. The van der Waals surface area contributed by atoms with Crippen LogP contribution in [0.15, 0.2) is 18.3 Å². The van der Waals surface area contributed by atoms with Crippen molar-refractivity contribution in [1.29, 1.82) is 0 Å². The molecule has 17 heavy (non-hydrogen) atoms. The summed E-state index contributed by atoms with van der Waals surface area (Å²) >= 11 is 4.88. The monoisotopic (exact) mass is 251 g/mol. The molecule has 5 heteroatoms. The molecule has 1 saturated heterocycles. The fraction of sp³-hybridized carbons (Fsp3) is 0.500. The summed E-state index contributed by atoms with van der Waals surface area (Å²) in [5.74, 6) is 0.865. The molecule has 3 N–H and O–H groups in total. The van der Waals surface area contributed by atoms with Crippen LogP contribution in [-0.2, 0) is 4.74 Å². The number of nitrogens with zero attached hydrogens (tertiary/aromatic N) is 1. The molecule has 1 aliphatic heterocycles. The Hall–Kier alpha value is -1.20. The highest BCUT2D eigenvalue weighted by molar-refractivity contribution is 7.80. The Bertz CT molecular complexity index is 393. The summed E-state index contributed by atoms with van der Waals surface area (Å²) in [5, 5.41) is 3.40. The highest BCUT2D eigenvalue weighted by Crippen LogP contribution is 2.17. The Morgan fingerprint density at radius 3 is 3.00 bits per heavy atom. The highest BCUT2D eigenvalue weighted by atomic mass is 32.1. The predicted octanol–water partition coefficient (Wildman–Crippen LogP) is 1.70. The van der Waals surface area contributed by atoms with Crippen LogP contribution in [-0.4, -0.2) is 28.7 Å². The van der Waals surface area contributed by atoms with Crippen LogP contribution in [0.25, 0.3) is 0 Å². The Morgan fingerprint density at radius 2 is 2.41 bits per heavy atom. The van der Waals surface area contributed by atoms with Crippen molar-refractivity contribution in [3.8, 4) is 0 Å². The standard InChI is InChI=1S/C12H17N3OS/c1-8-6-10(4-5-16-8)15-11-3-2-9(7-14-11)12(13)17/h2-3,7-8,10H,4-6H2,1H3,(H2,13,17)(H,14,15). The second-order valence-corrected chi connectivity index (χ2v) is 4.78. The molecule has 0 radical (unpaired) electrons. The predicted molar refractivity (Wildman–Crippen MR) is 72.2 cm³/mol. The summed E-state index contributed by atoms with van der Waals surface area (Å²) < 4.78 is 5.50. The number of thiocarbonyl (C=S) groups is 1. The van der Waals surface area contributed by atoms with Crippen molar-refractivity contribution < 1.29 is 4.74 Å². The number of nitrogens with two attached hydrogens (primary N) is 1. The zero-order valence-electron chi connectivity index (χ0n) is 9.85. The first-order valence-corrected chi connectivity index (χ1v) is 6.20. The molecule has 0 aromatic carbocycles. The second-order valence-electron chi connectivity index (χ2n) is 4.34. The van der Waals surface area contributed by atoms with Gasteiger partial charge in [0.15, 0.2) is 0 Å². The van der Waals surface area contributed by atoms with Crippen LogP contribution in [0.1, 0.15) is 25.3 Å². The molecule has 0 bridgehead atoms. The molecule has 4 nitrogen and oxygen atoms in total. The van der Waals surface area contributed by atoms with Crippen molar-refractivity contribution in [1.82, 2.24) is 4.98 Å². The van der Waals surface area contributed by atoms with Gasteiger partial charge >= 0.3 is 0 Å². The summed E-state index contributed by atoms with van der Waals surface area (Å²) in [6.45, 7) is 2.90. The molecule has 1 fully saturated rings. The van der Waals surface area contributed by atoms with E-state index in [1.807, 2.05) is 12.1 Å². The average Bonchev–Trinajstić information content (AvgIpc) is 2.29. The molecule has 92 valence electrons. The number of hydrogen-bond donors (Lipinski definition) is 2. The molecule has 2 rings (SSSR count). The fourth-order valence-corrected chi connectivity index (χ4v) is 2.08. The van der Waals surface area contributed by atoms with E-state index < -0.39 is 0 Å². The molecular formula is C12H17N3OS. The Kier molecular flexibility index (Phi) is 3.91. The van der Waals surface area contributed by atoms with Gasteiger partial charge in [-0.1, -0.05) is 12.2 Å². The smallest absolute Gasteiger partial charge is 0.126 e. The van der Waals surface area contributed by atoms with E-state index in [-0.39, 0.29) is 0 Å². The van der Waals surface area contributed by atoms with Crippen molar-refractivity contribution >= 4 is 23.0 Å². The lowest BCUT2D eigenvalue weighted by Crippen LogP contribution is -2.32. The third-order valence-corrected chi connectivity index (χ3v) is 3.12. The number of rotatable bonds is 3. The number of pyridine rings is 1. The van der Waals surface area contributed by atoms with E-state index >= 15 is 0 Å². The van der Waals surface area contributed by atoms with Gasteiger partial charge in [0.25, 0.3) is 0 Å². The van der Waals surface area contributed by atoms with E-state index in [1.54, 1.807) is 6.20 Å². The molecular weight excluding hydrogens is 234 g/mol. The summed E-state index contributed by atoms with van der Waals surface area (Å²) in [4.78, 5) is 4.68. The normalized spacial score (nSPS) is 24.3. The van der Waals surface area contributed by atoms with Crippen LogP contribution in [0.3, 0.4) is 0 Å². The van der Waals surface area contributed by atoms with Crippen LogP contribution >= 0.6 is 12.2 Å². The van der Waals surface area contributed by atoms with E-state index in [0.717, 1.165) is 30.8 Å². The van der Waals surface area contributed by atoms with Gasteiger partial charge in [-0.25, -0.2) is 4.98 Å². The van der Waals surface area contributed by atoms with Crippen LogP contribution in [0.5, 0.6) is 0 Å². The van der Waals surface area contributed by atoms with Gasteiger partial charge in [0, 0.05) is 24.4 Å². The Balaban J connectivity index is 1.96. The van der Waals surface area contributed by atoms with E-state index in [0.29, 0.717) is 17.1 Å². The number of nitrogens with one attached hydrogen (secondary N) is 1. The van der Waals surface area contributed by atoms with Crippen molar-refractivity contribution in [3.05, 3.63) is 23.9 Å². The summed E-state index contributed by atoms with van der Waals surface area (Å²) in [6, 6.07) is 4.23. The number of anilines is 1. The van der Waals surface area contributed by atoms with Gasteiger partial charge in [0.05, 0.1) is 6.10 Å². The van der Waals surface area contributed by atoms with Crippen LogP contribution < -0.4 is 11.1 Å². The maximum absolute atomic E-state index is 5.52. The molecule has 0 aliphatic carbocycles. The molecule has 1 aromatic rings. The minimum atomic E-state index is 0.317. The third kappa shape index (κ3) is 3.38. The topological polar surface area (TPSA) is 60.2 Å². The zero-order valence-corrected chi connectivity index (χ0v) is 10.7. The lowest BCUT2D eigenvalue weighted by atomic mass is 10.0. The third-order valence-electron chi connectivity index (χ3n) is 2.89. The fourth-order valence-electron chi connectivity index (χ4n) is 1.96. The van der Waals surface area contributed by atoms with Gasteiger partial charge in [-0.15, -0.1) is 0 Å². The second kappa shape index (κ2) is 5.42. The summed E-state index contributed by atoms with van der Waals surface area (Å²) in [5.41, 5.74) is 6.32. The molecule has 0 saturated carbocycles. The molecule has 1 aliphatic rings. The maximum atomic E-state index is 5.52. The lowest BCUT2D eigenvalue weighted by molar-refractivity contribution is 0.0232. The van der Waals surface area contributed by atoms with Crippen molar-refractivity contribution in [2.45, 2.75) is 31.9 Å². The molecule has 0 spiro atoms. The van der Waals surface area contributed by atoms with E-state index in [1.165, 1.54) is 0 Å². The van der Waals surface area contributed by atoms with Crippen LogP contribution in [0, 0.1) is 0 Å². The first kappa shape index (κ1) is 12.3. The van der Waals surface area contributed by atoms with Gasteiger partial charge < -0.3 is 15.8 Å². The van der Waals surface area contributed by atoms with Crippen LogP contribution in [0.4, 0.5) is 5.82 Å². The molecule has 2 heterocycles. The van der Waals surface area contributed by atoms with Crippen molar-refractivity contribution in [2.75, 3.05) is 11.9 Å². The first-order chi connectivity index (χ1) is 8.15. The van der Waals surface area contributed by atoms with E-state index in [2.05, 4.69) is 17.2 Å². The maximum Gasteiger partial charge on any atom is 0.126 e. The highest BCUT2D eigenvalue weighted by Gasteiger charge is 2.19. The van der Waals surface area contributed by atoms with Gasteiger partial charge in [-0.2, -0.15) is 0 Å². The average molecular weight is 251 g/mol. The lowest BCUT2D eigenvalue weighted by Gasteiger charge is -2.28. The van der Waals surface area contributed by atoms with Crippen LogP contribution in [0.2, 0.25) is 0 Å². The SMILES string of the molecule is CC1CC(Nc2ccc(C(N)=S)cn2)CCO1. The number of hydrogen-bond acceptors (Lipinski definition) is 4. The van der Waals surface area contributed by atoms with Crippen molar-refractivity contribution in [2.24, 2.45) is 5.73 Å².